The van der Waals surface area contributed by atoms with E-state index in [-0.39, 0.29) is 5.69 Å². The maximum atomic E-state index is 11.8. The standard InChI is InChI=1S/C16H13N3O2/c1-11-9-15(19-21-11)16(20)18-17-10-13-7-4-6-12-5-2-3-8-14(12)13/h2-10H,1H3,(H,18,20)/b17-10-. The van der Waals surface area contributed by atoms with Crippen molar-refractivity contribution >= 4 is 22.9 Å². The van der Waals surface area contributed by atoms with Crippen LogP contribution in [0.1, 0.15) is 21.8 Å². The van der Waals surface area contributed by atoms with Gasteiger partial charge in [-0.25, -0.2) is 5.43 Å². The average Bonchev–Trinajstić information content (AvgIpc) is 2.94. The Labute approximate surface area is 121 Å². The van der Waals surface area contributed by atoms with E-state index in [4.69, 9.17) is 4.52 Å². The summed E-state index contributed by atoms with van der Waals surface area (Å²) < 4.78 is 4.85. The quantitative estimate of drug-likeness (QED) is 0.592. The molecule has 0 aliphatic heterocycles. The van der Waals surface area contributed by atoms with Crippen molar-refractivity contribution in [2.24, 2.45) is 5.10 Å². The molecular weight excluding hydrogens is 266 g/mol. The first-order valence-corrected chi connectivity index (χ1v) is 6.48. The fraction of sp³-hybridized carbons (Fsp3) is 0.0625. The molecule has 0 fully saturated rings. The molecule has 0 bridgehead atoms. The van der Waals surface area contributed by atoms with E-state index in [9.17, 15) is 4.79 Å². The van der Waals surface area contributed by atoms with E-state index in [1.165, 1.54) is 0 Å². The van der Waals surface area contributed by atoms with Crippen LogP contribution < -0.4 is 5.43 Å². The number of fused-ring (bicyclic) bond motifs is 1. The Hall–Kier alpha value is -2.95. The summed E-state index contributed by atoms with van der Waals surface area (Å²) >= 11 is 0. The van der Waals surface area contributed by atoms with E-state index < -0.39 is 5.91 Å². The van der Waals surface area contributed by atoms with Gasteiger partial charge in [-0.2, -0.15) is 5.10 Å². The lowest BCUT2D eigenvalue weighted by molar-refractivity contribution is 0.0946. The highest BCUT2D eigenvalue weighted by Crippen LogP contribution is 2.16. The van der Waals surface area contributed by atoms with Crippen molar-refractivity contribution < 1.29 is 9.32 Å². The maximum absolute atomic E-state index is 11.8. The van der Waals surface area contributed by atoms with E-state index >= 15 is 0 Å². The van der Waals surface area contributed by atoms with Crippen molar-refractivity contribution in [1.82, 2.24) is 10.6 Å². The minimum atomic E-state index is -0.400. The topological polar surface area (TPSA) is 67.5 Å². The van der Waals surface area contributed by atoms with Crippen molar-refractivity contribution in [3.05, 3.63) is 65.5 Å². The summed E-state index contributed by atoms with van der Waals surface area (Å²) in [7, 11) is 0. The van der Waals surface area contributed by atoms with Gasteiger partial charge < -0.3 is 4.52 Å². The Morgan fingerprint density at radius 3 is 2.86 bits per heavy atom. The predicted octanol–water partition coefficient (Wildman–Crippen LogP) is 2.90. The van der Waals surface area contributed by atoms with Crippen LogP contribution in [0.2, 0.25) is 0 Å². The van der Waals surface area contributed by atoms with E-state index in [0.29, 0.717) is 5.76 Å². The molecule has 104 valence electrons. The molecule has 0 radical (unpaired) electrons. The third-order valence-electron chi connectivity index (χ3n) is 3.05. The molecule has 1 N–H and O–H groups in total. The van der Waals surface area contributed by atoms with Crippen LogP contribution in [-0.2, 0) is 0 Å². The van der Waals surface area contributed by atoms with Gasteiger partial charge in [0.1, 0.15) is 5.76 Å². The predicted molar refractivity (Wildman–Crippen MR) is 80.2 cm³/mol. The Balaban J connectivity index is 1.78. The van der Waals surface area contributed by atoms with Crippen LogP contribution in [0.3, 0.4) is 0 Å². The number of hydrogen-bond acceptors (Lipinski definition) is 4. The van der Waals surface area contributed by atoms with Crippen molar-refractivity contribution in [3.63, 3.8) is 0 Å². The van der Waals surface area contributed by atoms with Crippen LogP contribution in [0.5, 0.6) is 0 Å². The average molecular weight is 279 g/mol. The number of rotatable bonds is 3. The van der Waals surface area contributed by atoms with Gasteiger partial charge in [0.15, 0.2) is 5.69 Å². The number of aryl methyl sites for hydroxylation is 1. The van der Waals surface area contributed by atoms with Crippen LogP contribution in [0.25, 0.3) is 10.8 Å². The van der Waals surface area contributed by atoms with Gasteiger partial charge in [0.05, 0.1) is 6.21 Å². The Bertz CT molecular complexity index is 816. The SMILES string of the molecule is Cc1cc(C(=O)N/N=C\c2cccc3ccccc23)no1. The van der Waals surface area contributed by atoms with Gasteiger partial charge in [0.2, 0.25) is 0 Å². The van der Waals surface area contributed by atoms with Crippen molar-refractivity contribution in [2.45, 2.75) is 6.92 Å². The number of amides is 1. The van der Waals surface area contributed by atoms with Gasteiger partial charge in [0, 0.05) is 11.6 Å². The molecule has 1 heterocycles. The molecule has 1 amide bonds. The molecule has 0 aliphatic rings. The highest BCUT2D eigenvalue weighted by atomic mass is 16.5. The number of benzene rings is 2. The normalized spacial score (nSPS) is 11.1. The fourth-order valence-corrected chi connectivity index (χ4v) is 2.05. The lowest BCUT2D eigenvalue weighted by atomic mass is 10.1. The second kappa shape index (κ2) is 5.58. The Morgan fingerprint density at radius 1 is 1.24 bits per heavy atom. The minimum absolute atomic E-state index is 0.211. The van der Waals surface area contributed by atoms with Gasteiger partial charge in [-0.15, -0.1) is 0 Å². The number of hydrogen-bond donors (Lipinski definition) is 1. The smallest absolute Gasteiger partial charge is 0.293 e. The molecule has 5 heteroatoms. The largest absolute Gasteiger partial charge is 0.361 e. The molecule has 0 atom stereocenters. The third kappa shape index (κ3) is 2.81. The van der Waals surface area contributed by atoms with Crippen LogP contribution in [0, 0.1) is 6.92 Å². The molecule has 3 aromatic rings. The van der Waals surface area contributed by atoms with Crippen molar-refractivity contribution in [3.8, 4) is 0 Å². The van der Waals surface area contributed by atoms with Crippen LogP contribution in [-0.4, -0.2) is 17.3 Å². The number of nitrogens with one attached hydrogen (secondary N) is 1. The molecule has 3 rings (SSSR count). The van der Waals surface area contributed by atoms with Crippen LogP contribution in [0.4, 0.5) is 0 Å². The van der Waals surface area contributed by atoms with E-state index in [2.05, 4.69) is 15.7 Å². The minimum Gasteiger partial charge on any atom is -0.361 e. The van der Waals surface area contributed by atoms with Crippen molar-refractivity contribution in [1.29, 1.82) is 0 Å². The first kappa shape index (κ1) is 13.1. The Kier molecular flexibility index (Phi) is 3.47. The van der Waals surface area contributed by atoms with E-state index in [1.807, 2.05) is 42.5 Å². The second-order valence-corrected chi connectivity index (χ2v) is 4.59. The monoisotopic (exact) mass is 279 g/mol. The van der Waals surface area contributed by atoms with Crippen LogP contribution >= 0.6 is 0 Å². The molecule has 5 nitrogen and oxygen atoms in total. The van der Waals surface area contributed by atoms with Crippen molar-refractivity contribution in [2.75, 3.05) is 0 Å². The first-order valence-electron chi connectivity index (χ1n) is 6.48. The molecule has 0 saturated heterocycles. The lowest BCUT2D eigenvalue weighted by Crippen LogP contribution is -2.17. The molecule has 0 saturated carbocycles. The van der Waals surface area contributed by atoms with Gasteiger partial charge in [0.25, 0.3) is 5.91 Å². The molecule has 21 heavy (non-hydrogen) atoms. The number of hydrazone groups is 1. The van der Waals surface area contributed by atoms with E-state index in [0.717, 1.165) is 16.3 Å². The number of aromatic nitrogens is 1. The summed E-state index contributed by atoms with van der Waals surface area (Å²) in [6.45, 7) is 1.73. The number of nitrogens with zero attached hydrogens (tertiary/aromatic N) is 2. The highest BCUT2D eigenvalue weighted by molar-refractivity contribution is 6.00. The summed E-state index contributed by atoms with van der Waals surface area (Å²) in [5.41, 5.74) is 3.58. The fourth-order valence-electron chi connectivity index (χ4n) is 2.05. The zero-order valence-electron chi connectivity index (χ0n) is 11.4. The molecule has 0 spiro atoms. The maximum Gasteiger partial charge on any atom is 0.293 e. The van der Waals surface area contributed by atoms with Crippen LogP contribution in [0.15, 0.2) is 58.2 Å². The summed E-state index contributed by atoms with van der Waals surface area (Å²) in [5.74, 6) is 0.182. The van der Waals surface area contributed by atoms with Gasteiger partial charge in [-0.1, -0.05) is 47.6 Å². The summed E-state index contributed by atoms with van der Waals surface area (Å²) in [5, 5.41) is 9.81. The van der Waals surface area contributed by atoms with E-state index in [1.54, 1.807) is 19.2 Å². The first-order chi connectivity index (χ1) is 10.2. The summed E-state index contributed by atoms with van der Waals surface area (Å²) in [6.07, 6.45) is 1.62. The molecule has 2 aromatic carbocycles. The number of carbonyl (C=O) groups excluding carboxylic acids is 1. The highest BCUT2D eigenvalue weighted by Gasteiger charge is 2.09. The zero-order valence-corrected chi connectivity index (χ0v) is 11.4. The van der Waals surface area contributed by atoms with Gasteiger partial charge in [-0.3, -0.25) is 4.79 Å². The molecule has 0 aliphatic carbocycles. The molecule has 0 unspecified atom stereocenters. The molecule has 1 aromatic heterocycles. The summed E-state index contributed by atoms with van der Waals surface area (Å²) in [4.78, 5) is 11.8. The van der Waals surface area contributed by atoms with Gasteiger partial charge >= 0.3 is 0 Å². The Morgan fingerprint density at radius 2 is 2.05 bits per heavy atom. The third-order valence-corrected chi connectivity index (χ3v) is 3.05. The zero-order chi connectivity index (χ0) is 14.7. The number of carbonyl (C=O) groups is 1. The lowest BCUT2D eigenvalue weighted by Gasteiger charge is -2.01. The summed E-state index contributed by atoms with van der Waals surface area (Å²) in [6, 6.07) is 15.5. The molecular formula is C16H13N3O2. The van der Waals surface area contributed by atoms with Gasteiger partial charge in [-0.05, 0) is 17.7 Å². The second-order valence-electron chi connectivity index (χ2n) is 4.59.